The molecule has 2 heterocycles. The maximum absolute atomic E-state index is 11.3. The van der Waals surface area contributed by atoms with E-state index in [0.29, 0.717) is 18.7 Å². The Morgan fingerprint density at radius 1 is 1.13 bits per heavy atom. The molecule has 0 aliphatic rings. The van der Waals surface area contributed by atoms with Crippen molar-refractivity contribution in [2.45, 2.75) is 31.9 Å². The van der Waals surface area contributed by atoms with Gasteiger partial charge >= 0.3 is 5.97 Å². The predicted molar refractivity (Wildman–Crippen MR) is 119 cm³/mol. The smallest absolute Gasteiger partial charge is 0.316 e. The highest BCUT2D eigenvalue weighted by molar-refractivity contribution is 7.99. The number of carboxylic acids is 1. The molecule has 1 atom stereocenters. The van der Waals surface area contributed by atoms with Crippen molar-refractivity contribution in [1.29, 1.82) is 0 Å². The number of oxazole rings is 1. The summed E-state index contributed by atoms with van der Waals surface area (Å²) in [6, 6.07) is 15.9. The summed E-state index contributed by atoms with van der Waals surface area (Å²) in [6.07, 6.45) is 2.83. The number of carboxylic acid groups (broad SMARTS) is 1. The summed E-state index contributed by atoms with van der Waals surface area (Å²) in [5.41, 5.74) is 4.73. The van der Waals surface area contributed by atoms with E-state index in [9.17, 15) is 9.90 Å². The predicted octanol–water partition coefficient (Wildman–Crippen LogP) is 5.65. The first kappa shape index (κ1) is 20.3. The van der Waals surface area contributed by atoms with Crippen molar-refractivity contribution < 1.29 is 18.7 Å². The number of aliphatic carboxylic acids is 1. The number of aryl methyl sites for hydroxylation is 2. The third kappa shape index (κ3) is 4.28. The second-order valence-electron chi connectivity index (χ2n) is 7.42. The quantitative estimate of drug-likeness (QED) is 0.415. The van der Waals surface area contributed by atoms with Gasteiger partial charge in [-0.1, -0.05) is 23.8 Å². The average molecular weight is 422 g/mol. The summed E-state index contributed by atoms with van der Waals surface area (Å²) in [5, 5.41) is 9.80. The average Bonchev–Trinajstić information content (AvgIpc) is 3.28. The van der Waals surface area contributed by atoms with Crippen molar-refractivity contribution in [3.63, 3.8) is 0 Å². The Morgan fingerprint density at radius 3 is 2.70 bits per heavy atom. The summed E-state index contributed by atoms with van der Waals surface area (Å²) in [5.74, 6) is 1.40. The topological polar surface area (TPSA) is 76.5 Å². The standard InChI is InChI=1S/C24H23NO4S/c1-14-5-4-6-17(9-14)23-25-20(15(2)28-23)13-19-12-18-10-16(7-8-21(18)29-19)11-22(30-3)24(26)27/h4-10,12,22H,11,13H2,1-3H3,(H,26,27). The number of rotatable bonds is 7. The van der Waals surface area contributed by atoms with E-state index in [-0.39, 0.29) is 0 Å². The van der Waals surface area contributed by atoms with Crippen LogP contribution < -0.4 is 0 Å². The molecule has 30 heavy (non-hydrogen) atoms. The maximum atomic E-state index is 11.3. The Morgan fingerprint density at radius 2 is 1.97 bits per heavy atom. The molecule has 0 bridgehead atoms. The zero-order valence-corrected chi connectivity index (χ0v) is 18.0. The molecule has 154 valence electrons. The minimum absolute atomic E-state index is 0.452. The van der Waals surface area contributed by atoms with Crippen molar-refractivity contribution in [3.05, 3.63) is 76.9 Å². The third-order valence-corrected chi connectivity index (χ3v) is 6.05. The molecule has 2 aromatic heterocycles. The fourth-order valence-corrected chi connectivity index (χ4v) is 4.07. The van der Waals surface area contributed by atoms with Crippen LogP contribution in [0.4, 0.5) is 0 Å². The normalized spacial score (nSPS) is 12.4. The molecule has 6 heteroatoms. The second kappa shape index (κ2) is 8.40. The van der Waals surface area contributed by atoms with Gasteiger partial charge in [0.1, 0.15) is 22.4 Å². The minimum atomic E-state index is -0.790. The molecule has 0 saturated carbocycles. The van der Waals surface area contributed by atoms with E-state index in [1.807, 2.05) is 62.6 Å². The second-order valence-corrected chi connectivity index (χ2v) is 8.46. The highest BCUT2D eigenvalue weighted by Gasteiger charge is 2.18. The van der Waals surface area contributed by atoms with Crippen molar-refractivity contribution in [3.8, 4) is 11.5 Å². The van der Waals surface area contributed by atoms with Gasteiger partial charge in [-0.25, -0.2) is 4.98 Å². The van der Waals surface area contributed by atoms with Gasteiger partial charge in [-0.05, 0) is 62.4 Å². The lowest BCUT2D eigenvalue weighted by Gasteiger charge is -2.08. The zero-order chi connectivity index (χ0) is 21.3. The van der Waals surface area contributed by atoms with Crippen molar-refractivity contribution in [1.82, 2.24) is 4.98 Å². The Kier molecular flexibility index (Phi) is 5.68. The van der Waals surface area contributed by atoms with E-state index >= 15 is 0 Å². The molecular formula is C24H23NO4S. The monoisotopic (exact) mass is 421 g/mol. The van der Waals surface area contributed by atoms with Crippen LogP contribution in [0.3, 0.4) is 0 Å². The van der Waals surface area contributed by atoms with Crippen molar-refractivity contribution >= 4 is 28.7 Å². The lowest BCUT2D eigenvalue weighted by molar-refractivity contribution is -0.136. The number of aromatic nitrogens is 1. The third-order valence-electron chi connectivity index (χ3n) is 5.11. The van der Waals surface area contributed by atoms with Crippen LogP contribution >= 0.6 is 11.8 Å². The largest absolute Gasteiger partial charge is 0.480 e. The van der Waals surface area contributed by atoms with E-state index in [2.05, 4.69) is 11.1 Å². The van der Waals surface area contributed by atoms with Crippen LogP contribution in [-0.4, -0.2) is 27.6 Å². The summed E-state index contributed by atoms with van der Waals surface area (Å²) in [7, 11) is 0. The van der Waals surface area contributed by atoms with Crippen LogP contribution in [0.5, 0.6) is 0 Å². The number of hydrogen-bond donors (Lipinski definition) is 1. The molecule has 0 saturated heterocycles. The fourth-order valence-electron chi connectivity index (χ4n) is 3.51. The molecule has 0 aliphatic carbocycles. The first-order valence-corrected chi connectivity index (χ1v) is 11.0. The lowest BCUT2D eigenvalue weighted by atomic mass is 10.1. The SMILES string of the molecule is CSC(Cc1ccc2oc(Cc3nc(-c4cccc(C)c4)oc3C)cc2c1)C(=O)O. The molecule has 2 aromatic carbocycles. The number of nitrogens with zero attached hydrogens (tertiary/aromatic N) is 1. The van der Waals surface area contributed by atoms with Gasteiger partial charge in [0.05, 0.1) is 12.1 Å². The lowest BCUT2D eigenvalue weighted by Crippen LogP contribution is -2.18. The highest BCUT2D eigenvalue weighted by atomic mass is 32.2. The molecule has 1 N–H and O–H groups in total. The van der Waals surface area contributed by atoms with Gasteiger partial charge in [0.2, 0.25) is 5.89 Å². The van der Waals surface area contributed by atoms with Gasteiger partial charge in [0.15, 0.2) is 0 Å². The van der Waals surface area contributed by atoms with E-state index in [0.717, 1.165) is 44.9 Å². The van der Waals surface area contributed by atoms with Crippen LogP contribution in [0, 0.1) is 13.8 Å². The van der Waals surface area contributed by atoms with E-state index in [4.69, 9.17) is 8.83 Å². The first-order valence-electron chi connectivity index (χ1n) is 9.73. The Hall–Kier alpha value is -2.99. The van der Waals surface area contributed by atoms with E-state index in [1.54, 1.807) is 0 Å². The van der Waals surface area contributed by atoms with E-state index in [1.165, 1.54) is 11.8 Å². The molecular weight excluding hydrogens is 398 g/mol. The number of thioether (sulfide) groups is 1. The fraction of sp³-hybridized carbons (Fsp3) is 0.250. The summed E-state index contributed by atoms with van der Waals surface area (Å²) >= 11 is 1.35. The van der Waals surface area contributed by atoms with E-state index < -0.39 is 11.2 Å². The van der Waals surface area contributed by atoms with Gasteiger partial charge in [-0.3, -0.25) is 4.79 Å². The number of carbonyl (C=O) groups is 1. The van der Waals surface area contributed by atoms with Gasteiger partial charge in [0, 0.05) is 10.9 Å². The van der Waals surface area contributed by atoms with Crippen LogP contribution in [0.2, 0.25) is 0 Å². The van der Waals surface area contributed by atoms with Crippen molar-refractivity contribution in [2.75, 3.05) is 6.26 Å². The van der Waals surface area contributed by atoms with Crippen LogP contribution in [-0.2, 0) is 17.6 Å². The molecule has 4 rings (SSSR count). The molecule has 1 unspecified atom stereocenters. The number of furan rings is 1. The molecule has 5 nitrogen and oxygen atoms in total. The molecule has 0 fully saturated rings. The van der Waals surface area contributed by atoms with Gasteiger partial charge in [0.25, 0.3) is 0 Å². The molecule has 4 aromatic rings. The number of hydrogen-bond acceptors (Lipinski definition) is 5. The molecule has 0 aliphatic heterocycles. The van der Waals surface area contributed by atoms with Crippen LogP contribution in [0.1, 0.15) is 28.3 Å². The summed E-state index contributed by atoms with van der Waals surface area (Å²) in [6.45, 7) is 3.96. The highest BCUT2D eigenvalue weighted by Crippen LogP contribution is 2.27. The summed E-state index contributed by atoms with van der Waals surface area (Å²) in [4.78, 5) is 16.0. The number of benzene rings is 2. The Balaban J connectivity index is 1.56. The van der Waals surface area contributed by atoms with Crippen LogP contribution in [0.25, 0.3) is 22.4 Å². The Bertz CT molecular complexity index is 1210. The zero-order valence-electron chi connectivity index (χ0n) is 17.1. The minimum Gasteiger partial charge on any atom is -0.480 e. The van der Waals surface area contributed by atoms with Crippen LogP contribution in [0.15, 0.2) is 57.4 Å². The summed E-state index contributed by atoms with van der Waals surface area (Å²) < 4.78 is 11.9. The van der Waals surface area contributed by atoms with Gasteiger partial charge in [-0.2, -0.15) is 0 Å². The van der Waals surface area contributed by atoms with Gasteiger partial charge < -0.3 is 13.9 Å². The maximum Gasteiger partial charge on any atom is 0.316 e. The Labute approximate surface area is 179 Å². The number of fused-ring (bicyclic) bond motifs is 1. The molecule has 0 radical (unpaired) electrons. The first-order chi connectivity index (χ1) is 14.4. The molecule has 0 amide bonds. The molecule has 0 spiro atoms. The van der Waals surface area contributed by atoms with Gasteiger partial charge in [-0.15, -0.1) is 11.8 Å². The van der Waals surface area contributed by atoms with Crippen molar-refractivity contribution in [2.24, 2.45) is 0 Å².